The molecule has 0 radical (unpaired) electrons. The molecule has 0 saturated heterocycles. The summed E-state index contributed by atoms with van der Waals surface area (Å²) in [5, 5.41) is 0. The van der Waals surface area contributed by atoms with E-state index in [1.54, 1.807) is 6.07 Å². The Bertz CT molecular complexity index is 948. The number of H-pyrrole nitrogens is 1. The van der Waals surface area contributed by atoms with E-state index in [1.165, 1.54) is 29.6 Å². The Labute approximate surface area is 134 Å². The second-order valence-electron chi connectivity index (χ2n) is 5.47. The highest BCUT2D eigenvalue weighted by atomic mass is 19.4. The van der Waals surface area contributed by atoms with Gasteiger partial charge in [-0.1, -0.05) is 6.07 Å². The molecule has 8 heteroatoms. The average Bonchev–Trinajstić information content (AvgIpc) is 3.19. The Morgan fingerprint density at radius 3 is 2.83 bits per heavy atom. The van der Waals surface area contributed by atoms with Crippen molar-refractivity contribution in [2.75, 3.05) is 11.4 Å². The fourth-order valence-corrected chi connectivity index (χ4v) is 3.08. The van der Waals surface area contributed by atoms with Crippen molar-refractivity contribution in [3.05, 3.63) is 53.5 Å². The molecule has 0 bridgehead atoms. The van der Waals surface area contributed by atoms with Crippen LogP contribution in [0.2, 0.25) is 0 Å². The summed E-state index contributed by atoms with van der Waals surface area (Å²) in [4.78, 5) is 25.1. The third-order valence-corrected chi connectivity index (χ3v) is 4.14. The van der Waals surface area contributed by atoms with Gasteiger partial charge in [-0.2, -0.15) is 13.2 Å². The normalized spacial score (nSPS) is 14.2. The fraction of sp³-hybridized carbons (Fsp3) is 0.188. The minimum absolute atomic E-state index is 0.160. The molecule has 1 N–H and O–H groups in total. The molecule has 0 atom stereocenters. The smallest absolute Gasteiger partial charge is 0.343 e. The van der Waals surface area contributed by atoms with E-state index in [1.807, 2.05) is 0 Å². The molecule has 5 nitrogen and oxygen atoms in total. The number of amides is 1. The zero-order valence-corrected chi connectivity index (χ0v) is 12.3. The van der Waals surface area contributed by atoms with Crippen molar-refractivity contribution in [2.45, 2.75) is 12.6 Å². The Morgan fingerprint density at radius 2 is 2.04 bits per heavy atom. The first-order chi connectivity index (χ1) is 11.5. The summed E-state index contributed by atoms with van der Waals surface area (Å²) >= 11 is 0. The Kier molecular flexibility index (Phi) is 3.09. The number of hydrogen-bond acceptors (Lipinski definition) is 3. The van der Waals surface area contributed by atoms with Gasteiger partial charge in [0.05, 0.1) is 23.0 Å². The first kappa shape index (κ1) is 14.7. The van der Waals surface area contributed by atoms with Crippen LogP contribution in [0.5, 0.6) is 0 Å². The van der Waals surface area contributed by atoms with E-state index in [9.17, 15) is 18.0 Å². The lowest BCUT2D eigenvalue weighted by molar-refractivity contribution is -0.138. The Morgan fingerprint density at radius 1 is 1.21 bits per heavy atom. The standard InChI is InChI=1S/C16H11F3N4O/c17-16(18,19)11-2-1-3-12-9(11)5-7-23(12)15(24)10-4-6-20-14-13(10)21-8-22-14/h1-4,6,8H,5,7H2,(H,20,21,22). The fourth-order valence-electron chi connectivity index (χ4n) is 3.08. The summed E-state index contributed by atoms with van der Waals surface area (Å²) < 4.78 is 39.4. The lowest BCUT2D eigenvalue weighted by atomic mass is 10.0. The largest absolute Gasteiger partial charge is 0.416 e. The van der Waals surface area contributed by atoms with Gasteiger partial charge in [0.15, 0.2) is 5.65 Å². The van der Waals surface area contributed by atoms with E-state index in [4.69, 9.17) is 0 Å². The second-order valence-corrected chi connectivity index (χ2v) is 5.47. The van der Waals surface area contributed by atoms with Gasteiger partial charge in [0.1, 0.15) is 0 Å². The van der Waals surface area contributed by atoms with Crippen LogP contribution < -0.4 is 4.90 Å². The summed E-state index contributed by atoms with van der Waals surface area (Å²) in [6.45, 7) is 0.208. The molecule has 3 aromatic rings. The van der Waals surface area contributed by atoms with Crippen LogP contribution in [0.3, 0.4) is 0 Å². The number of hydrogen-bond donors (Lipinski definition) is 1. The van der Waals surface area contributed by atoms with Crippen molar-refractivity contribution in [3.8, 4) is 0 Å². The van der Waals surface area contributed by atoms with E-state index in [0.29, 0.717) is 22.4 Å². The molecule has 0 saturated carbocycles. The number of nitrogens with zero attached hydrogens (tertiary/aromatic N) is 3. The van der Waals surface area contributed by atoms with Crippen LogP contribution in [-0.4, -0.2) is 27.4 Å². The summed E-state index contributed by atoms with van der Waals surface area (Å²) in [5.74, 6) is -0.371. The van der Waals surface area contributed by atoms with Crippen LogP contribution in [0.4, 0.5) is 18.9 Å². The van der Waals surface area contributed by atoms with Gasteiger partial charge in [0.25, 0.3) is 5.91 Å². The van der Waals surface area contributed by atoms with Crippen LogP contribution in [0.15, 0.2) is 36.8 Å². The summed E-state index contributed by atoms with van der Waals surface area (Å²) in [6.07, 6.45) is -1.38. The molecular formula is C16H11F3N4O. The maximum atomic E-state index is 13.1. The molecule has 24 heavy (non-hydrogen) atoms. The predicted molar refractivity (Wildman–Crippen MR) is 80.7 cm³/mol. The van der Waals surface area contributed by atoms with Crippen LogP contribution in [0, 0.1) is 0 Å². The molecule has 0 spiro atoms. The summed E-state index contributed by atoms with van der Waals surface area (Å²) in [5.41, 5.74) is 0.985. The lowest BCUT2D eigenvalue weighted by Crippen LogP contribution is -2.29. The van der Waals surface area contributed by atoms with Gasteiger partial charge in [0.2, 0.25) is 0 Å². The van der Waals surface area contributed by atoms with Crippen LogP contribution in [0.1, 0.15) is 21.5 Å². The molecule has 1 aliphatic heterocycles. The molecule has 1 aliphatic rings. The maximum absolute atomic E-state index is 13.1. The minimum Gasteiger partial charge on any atom is -0.343 e. The van der Waals surface area contributed by atoms with Crippen molar-refractivity contribution >= 4 is 22.8 Å². The number of pyridine rings is 1. The van der Waals surface area contributed by atoms with E-state index in [0.717, 1.165) is 6.07 Å². The first-order valence-corrected chi connectivity index (χ1v) is 7.26. The number of halogens is 3. The Hall–Kier alpha value is -2.90. The predicted octanol–water partition coefficient (Wildman–Crippen LogP) is 3.18. The number of carbonyl (C=O) groups excluding carboxylic acids is 1. The number of alkyl halides is 3. The van der Waals surface area contributed by atoms with Gasteiger partial charge in [-0.3, -0.25) is 4.79 Å². The van der Waals surface area contributed by atoms with Crippen LogP contribution >= 0.6 is 0 Å². The average molecular weight is 332 g/mol. The molecule has 0 fully saturated rings. The van der Waals surface area contributed by atoms with E-state index < -0.39 is 11.7 Å². The molecule has 0 unspecified atom stereocenters. The van der Waals surface area contributed by atoms with Crippen molar-refractivity contribution in [1.29, 1.82) is 0 Å². The number of imidazole rings is 1. The maximum Gasteiger partial charge on any atom is 0.416 e. The van der Waals surface area contributed by atoms with Crippen LogP contribution in [-0.2, 0) is 12.6 Å². The van der Waals surface area contributed by atoms with Gasteiger partial charge in [-0.25, -0.2) is 9.97 Å². The number of anilines is 1. The van der Waals surface area contributed by atoms with Gasteiger partial charge in [0, 0.05) is 18.4 Å². The summed E-state index contributed by atoms with van der Waals surface area (Å²) in [7, 11) is 0. The number of aromatic nitrogens is 3. The van der Waals surface area contributed by atoms with Crippen LogP contribution in [0.25, 0.3) is 11.2 Å². The molecule has 2 aromatic heterocycles. The van der Waals surface area contributed by atoms with Gasteiger partial charge < -0.3 is 9.88 Å². The highest BCUT2D eigenvalue weighted by Crippen LogP contribution is 2.40. The minimum atomic E-state index is -4.43. The molecule has 4 rings (SSSR count). The first-order valence-electron chi connectivity index (χ1n) is 7.26. The lowest BCUT2D eigenvalue weighted by Gasteiger charge is -2.18. The van der Waals surface area contributed by atoms with E-state index >= 15 is 0 Å². The quantitative estimate of drug-likeness (QED) is 0.744. The topological polar surface area (TPSA) is 61.9 Å². The zero-order chi connectivity index (χ0) is 16.9. The van der Waals surface area contributed by atoms with E-state index in [2.05, 4.69) is 15.0 Å². The van der Waals surface area contributed by atoms with Gasteiger partial charge >= 0.3 is 6.18 Å². The molecule has 0 aliphatic carbocycles. The molecule has 1 amide bonds. The third kappa shape index (κ3) is 2.14. The molecule has 1 aromatic carbocycles. The third-order valence-electron chi connectivity index (χ3n) is 4.14. The number of fused-ring (bicyclic) bond motifs is 2. The SMILES string of the molecule is O=C(c1ccnc2nc[nH]c12)N1CCc2c1cccc2C(F)(F)F. The summed E-state index contributed by atoms with van der Waals surface area (Å²) in [6, 6.07) is 5.45. The van der Waals surface area contributed by atoms with E-state index in [-0.39, 0.29) is 24.4 Å². The van der Waals surface area contributed by atoms with Crippen molar-refractivity contribution < 1.29 is 18.0 Å². The highest BCUT2D eigenvalue weighted by Gasteiger charge is 2.38. The van der Waals surface area contributed by atoms with Crippen molar-refractivity contribution in [2.24, 2.45) is 0 Å². The van der Waals surface area contributed by atoms with Gasteiger partial charge in [-0.15, -0.1) is 0 Å². The number of nitrogens with one attached hydrogen (secondary N) is 1. The molecule has 3 heterocycles. The number of rotatable bonds is 1. The van der Waals surface area contributed by atoms with Gasteiger partial charge in [-0.05, 0) is 30.2 Å². The number of carbonyl (C=O) groups is 1. The highest BCUT2D eigenvalue weighted by molar-refractivity contribution is 6.13. The number of benzene rings is 1. The Balaban J connectivity index is 1.79. The molecular weight excluding hydrogens is 321 g/mol. The number of aromatic amines is 1. The second kappa shape index (κ2) is 5.05. The van der Waals surface area contributed by atoms with Crippen molar-refractivity contribution in [1.82, 2.24) is 15.0 Å². The molecule has 122 valence electrons. The zero-order valence-electron chi connectivity index (χ0n) is 12.3. The monoisotopic (exact) mass is 332 g/mol. The van der Waals surface area contributed by atoms with Crippen molar-refractivity contribution in [3.63, 3.8) is 0 Å².